The molecule has 0 aliphatic carbocycles. The van der Waals surface area contributed by atoms with Crippen molar-refractivity contribution in [3.05, 3.63) is 58.4 Å². The minimum absolute atomic E-state index is 0.412. The van der Waals surface area contributed by atoms with Crippen molar-refractivity contribution in [3.63, 3.8) is 0 Å². The van der Waals surface area contributed by atoms with Crippen molar-refractivity contribution in [2.75, 3.05) is 14.2 Å². The van der Waals surface area contributed by atoms with Crippen LogP contribution < -0.4 is 9.47 Å². The van der Waals surface area contributed by atoms with Crippen molar-refractivity contribution < 1.29 is 9.47 Å². The highest BCUT2D eigenvalue weighted by Gasteiger charge is 2.09. The Morgan fingerprint density at radius 1 is 1.16 bits per heavy atom. The second-order valence-corrected chi connectivity index (χ2v) is 5.77. The van der Waals surface area contributed by atoms with Crippen LogP contribution >= 0.6 is 12.2 Å². The molecule has 7 heteroatoms. The van der Waals surface area contributed by atoms with Crippen LogP contribution in [-0.4, -0.2) is 35.3 Å². The van der Waals surface area contributed by atoms with Gasteiger partial charge in [0.15, 0.2) is 5.82 Å². The molecule has 6 nitrogen and oxygen atoms in total. The van der Waals surface area contributed by atoms with Gasteiger partial charge in [-0.2, -0.15) is 14.9 Å². The van der Waals surface area contributed by atoms with E-state index in [4.69, 9.17) is 21.7 Å². The first-order chi connectivity index (χ1) is 12.1. The highest BCUT2D eigenvalue weighted by atomic mass is 32.1. The molecule has 0 bridgehead atoms. The van der Waals surface area contributed by atoms with Crippen molar-refractivity contribution in [3.8, 4) is 22.9 Å². The van der Waals surface area contributed by atoms with E-state index in [-0.39, 0.29) is 0 Å². The van der Waals surface area contributed by atoms with Crippen LogP contribution in [0.5, 0.6) is 11.5 Å². The molecular weight excluding hydrogens is 336 g/mol. The Balaban J connectivity index is 2.03. The number of benzene rings is 2. The summed E-state index contributed by atoms with van der Waals surface area (Å²) in [7, 11) is 3.23. The Labute approximate surface area is 150 Å². The Kier molecular flexibility index (Phi) is 4.95. The number of hydrogen-bond acceptors (Lipinski definition) is 5. The molecule has 1 heterocycles. The molecule has 25 heavy (non-hydrogen) atoms. The Morgan fingerprint density at radius 2 is 2.00 bits per heavy atom. The van der Waals surface area contributed by atoms with Gasteiger partial charge >= 0.3 is 0 Å². The number of rotatable bonds is 5. The molecule has 1 N–H and O–H groups in total. The van der Waals surface area contributed by atoms with Gasteiger partial charge in [0, 0.05) is 11.1 Å². The predicted octanol–water partition coefficient (Wildman–Crippen LogP) is 3.82. The SMILES string of the molecule is COc1ccc(OC)c(/C=N\n2c(-c3cccc(C)c3)n[nH]c2=S)c1. The number of aromatic amines is 1. The van der Waals surface area contributed by atoms with E-state index < -0.39 is 0 Å². The first-order valence-corrected chi connectivity index (χ1v) is 8.04. The van der Waals surface area contributed by atoms with Gasteiger partial charge < -0.3 is 9.47 Å². The summed E-state index contributed by atoms with van der Waals surface area (Å²) in [6.45, 7) is 2.03. The fraction of sp³-hybridized carbons (Fsp3) is 0.167. The average molecular weight is 354 g/mol. The summed E-state index contributed by atoms with van der Waals surface area (Å²) in [4.78, 5) is 0. The molecule has 0 saturated heterocycles. The lowest BCUT2D eigenvalue weighted by molar-refractivity contribution is 0.402. The van der Waals surface area contributed by atoms with Gasteiger partial charge in [0.1, 0.15) is 11.5 Å². The van der Waals surface area contributed by atoms with E-state index in [9.17, 15) is 0 Å². The minimum atomic E-state index is 0.412. The van der Waals surface area contributed by atoms with E-state index >= 15 is 0 Å². The van der Waals surface area contributed by atoms with E-state index in [0.717, 1.165) is 22.4 Å². The molecule has 1 aromatic heterocycles. The van der Waals surface area contributed by atoms with Gasteiger partial charge in [-0.15, -0.1) is 0 Å². The van der Waals surface area contributed by atoms with Gasteiger partial charge in [-0.05, 0) is 43.4 Å². The van der Waals surface area contributed by atoms with Crippen LogP contribution in [0.1, 0.15) is 11.1 Å². The molecule has 3 rings (SSSR count). The summed E-state index contributed by atoms with van der Waals surface area (Å²) in [5, 5.41) is 11.6. The quantitative estimate of drug-likeness (QED) is 0.559. The molecule has 0 fully saturated rings. The highest BCUT2D eigenvalue weighted by Crippen LogP contribution is 2.23. The Bertz CT molecular complexity index is 975. The smallest absolute Gasteiger partial charge is 0.216 e. The molecule has 2 aromatic carbocycles. The first-order valence-electron chi connectivity index (χ1n) is 7.63. The van der Waals surface area contributed by atoms with Crippen LogP contribution in [0.15, 0.2) is 47.6 Å². The highest BCUT2D eigenvalue weighted by molar-refractivity contribution is 7.71. The number of aryl methyl sites for hydroxylation is 1. The largest absolute Gasteiger partial charge is 0.497 e. The van der Waals surface area contributed by atoms with Gasteiger partial charge in [-0.3, -0.25) is 0 Å². The molecule has 0 spiro atoms. The van der Waals surface area contributed by atoms with Gasteiger partial charge in [0.2, 0.25) is 4.77 Å². The van der Waals surface area contributed by atoms with Gasteiger partial charge in [-0.25, -0.2) is 5.10 Å². The number of methoxy groups -OCH3 is 2. The zero-order chi connectivity index (χ0) is 17.8. The maximum absolute atomic E-state index is 5.37. The van der Waals surface area contributed by atoms with Crippen LogP contribution in [0.2, 0.25) is 0 Å². The molecule has 0 atom stereocenters. The zero-order valence-electron chi connectivity index (χ0n) is 14.2. The maximum atomic E-state index is 5.37. The van der Waals surface area contributed by atoms with E-state index in [1.807, 2.05) is 49.4 Å². The molecule has 3 aromatic rings. The van der Waals surface area contributed by atoms with Crippen molar-refractivity contribution in [1.29, 1.82) is 0 Å². The second kappa shape index (κ2) is 7.31. The van der Waals surface area contributed by atoms with Crippen molar-refractivity contribution in [2.45, 2.75) is 6.92 Å². The molecule has 0 saturated carbocycles. The summed E-state index contributed by atoms with van der Waals surface area (Å²) in [6, 6.07) is 13.5. The number of aromatic nitrogens is 3. The lowest BCUT2D eigenvalue weighted by atomic mass is 10.1. The maximum Gasteiger partial charge on any atom is 0.216 e. The lowest BCUT2D eigenvalue weighted by Crippen LogP contribution is -1.97. The zero-order valence-corrected chi connectivity index (χ0v) is 15.0. The standard InChI is InChI=1S/C18H18N4O2S/c1-12-5-4-6-13(9-12)17-20-21-18(25)22(17)19-11-14-10-15(23-2)7-8-16(14)24-3/h4-11H,1-3H3,(H,21,25)/b19-11-. The van der Waals surface area contributed by atoms with Crippen molar-refractivity contribution in [1.82, 2.24) is 14.9 Å². The fourth-order valence-corrected chi connectivity index (χ4v) is 2.61. The van der Waals surface area contributed by atoms with Crippen molar-refractivity contribution >= 4 is 18.4 Å². The summed E-state index contributed by atoms with van der Waals surface area (Å²) >= 11 is 5.31. The monoisotopic (exact) mass is 354 g/mol. The summed E-state index contributed by atoms with van der Waals surface area (Å²) in [5.41, 5.74) is 2.85. The van der Waals surface area contributed by atoms with E-state index in [0.29, 0.717) is 16.3 Å². The average Bonchev–Trinajstić information content (AvgIpc) is 3.00. The number of H-pyrrole nitrogens is 1. The van der Waals surface area contributed by atoms with Gasteiger partial charge in [0.05, 0.1) is 20.4 Å². The summed E-state index contributed by atoms with van der Waals surface area (Å²) in [5.74, 6) is 2.06. The summed E-state index contributed by atoms with van der Waals surface area (Å²) < 4.78 is 12.6. The van der Waals surface area contributed by atoms with E-state index in [1.165, 1.54) is 0 Å². The van der Waals surface area contributed by atoms with Crippen LogP contribution in [0.25, 0.3) is 11.4 Å². The summed E-state index contributed by atoms with van der Waals surface area (Å²) in [6.07, 6.45) is 1.67. The molecular formula is C18H18N4O2S. The number of nitrogens with one attached hydrogen (secondary N) is 1. The molecule has 0 unspecified atom stereocenters. The van der Waals surface area contributed by atoms with Crippen molar-refractivity contribution in [2.24, 2.45) is 5.10 Å². The fourth-order valence-electron chi connectivity index (χ4n) is 2.43. The van der Waals surface area contributed by atoms with Crippen LogP contribution in [0, 0.1) is 11.7 Å². The third kappa shape index (κ3) is 3.61. The Hall–Kier alpha value is -2.93. The first kappa shape index (κ1) is 16.9. The van der Waals surface area contributed by atoms with Crippen LogP contribution in [-0.2, 0) is 0 Å². The Morgan fingerprint density at radius 3 is 2.72 bits per heavy atom. The molecule has 0 radical (unpaired) electrons. The number of hydrogen-bond donors (Lipinski definition) is 1. The molecule has 128 valence electrons. The predicted molar refractivity (Wildman–Crippen MR) is 100 cm³/mol. The van der Waals surface area contributed by atoms with E-state index in [1.54, 1.807) is 25.1 Å². The second-order valence-electron chi connectivity index (χ2n) is 5.39. The third-order valence-electron chi connectivity index (χ3n) is 3.68. The molecule has 0 aliphatic rings. The topological polar surface area (TPSA) is 64.4 Å². The third-order valence-corrected chi connectivity index (χ3v) is 3.94. The van der Waals surface area contributed by atoms with Crippen LogP contribution in [0.3, 0.4) is 0 Å². The lowest BCUT2D eigenvalue weighted by Gasteiger charge is -2.07. The molecule has 0 amide bonds. The number of ether oxygens (including phenoxy) is 2. The number of nitrogens with zero attached hydrogens (tertiary/aromatic N) is 3. The van der Waals surface area contributed by atoms with Gasteiger partial charge in [-0.1, -0.05) is 23.8 Å². The van der Waals surface area contributed by atoms with E-state index in [2.05, 4.69) is 15.3 Å². The van der Waals surface area contributed by atoms with Crippen LogP contribution in [0.4, 0.5) is 0 Å². The normalized spacial score (nSPS) is 11.0. The minimum Gasteiger partial charge on any atom is -0.497 e. The van der Waals surface area contributed by atoms with Gasteiger partial charge in [0.25, 0.3) is 0 Å². The molecule has 0 aliphatic heterocycles.